The highest BCUT2D eigenvalue weighted by atomic mass is 32.2. The Morgan fingerprint density at radius 1 is 1.38 bits per heavy atom. The number of carbonyl (C=O) groups excluding carboxylic acids is 1. The van der Waals surface area contributed by atoms with Crippen LogP contribution in [0, 0.1) is 0 Å². The van der Waals surface area contributed by atoms with Crippen molar-refractivity contribution in [2.75, 3.05) is 25.4 Å². The molecule has 0 aromatic carbocycles. The Hall–Kier alpha value is -1.27. The molecule has 1 aromatic rings. The fourth-order valence-corrected chi connectivity index (χ4v) is 3.36. The van der Waals surface area contributed by atoms with Crippen LogP contribution in [0.25, 0.3) is 0 Å². The first-order valence-electron chi connectivity index (χ1n) is 8.62. The van der Waals surface area contributed by atoms with Crippen LogP contribution < -0.4 is 5.32 Å². The molecule has 1 saturated heterocycles. The molecule has 0 bridgehead atoms. The molecular weight excluding hydrogens is 322 g/mol. The molecule has 1 aromatic heterocycles. The van der Waals surface area contributed by atoms with E-state index in [1.807, 2.05) is 34.9 Å². The Bertz CT molecular complexity index is 497. The van der Waals surface area contributed by atoms with Gasteiger partial charge in [-0.2, -0.15) is 11.8 Å². The first-order chi connectivity index (χ1) is 11.4. The van der Waals surface area contributed by atoms with Gasteiger partial charge >= 0.3 is 6.03 Å². The summed E-state index contributed by atoms with van der Waals surface area (Å²) < 4.78 is 6.15. The summed E-state index contributed by atoms with van der Waals surface area (Å²) in [6, 6.07) is 5.89. The Balaban J connectivity index is 1.60. The van der Waals surface area contributed by atoms with Crippen molar-refractivity contribution in [1.82, 2.24) is 15.2 Å². The van der Waals surface area contributed by atoms with E-state index in [1.54, 1.807) is 6.20 Å². The van der Waals surface area contributed by atoms with Crippen molar-refractivity contribution in [3.8, 4) is 0 Å². The van der Waals surface area contributed by atoms with Crippen molar-refractivity contribution in [3.63, 3.8) is 0 Å². The molecule has 0 radical (unpaired) electrons. The molecule has 1 aliphatic heterocycles. The van der Waals surface area contributed by atoms with Crippen LogP contribution in [-0.4, -0.2) is 52.2 Å². The summed E-state index contributed by atoms with van der Waals surface area (Å²) in [4.78, 5) is 18.3. The van der Waals surface area contributed by atoms with Crippen molar-refractivity contribution in [1.29, 1.82) is 0 Å². The highest BCUT2D eigenvalue weighted by molar-refractivity contribution is 8.00. The zero-order chi connectivity index (χ0) is 17.4. The van der Waals surface area contributed by atoms with Crippen LogP contribution in [-0.2, 0) is 11.3 Å². The predicted octanol–water partition coefficient (Wildman–Crippen LogP) is 3.30. The van der Waals surface area contributed by atoms with E-state index < -0.39 is 0 Å². The fraction of sp³-hybridized carbons (Fsp3) is 0.667. The Kier molecular flexibility index (Phi) is 7.37. The van der Waals surface area contributed by atoms with E-state index >= 15 is 0 Å². The third kappa shape index (κ3) is 7.09. The van der Waals surface area contributed by atoms with E-state index in [1.165, 1.54) is 0 Å². The molecule has 1 N–H and O–H groups in total. The maximum Gasteiger partial charge on any atom is 0.317 e. The zero-order valence-corrected chi connectivity index (χ0v) is 15.8. The maximum atomic E-state index is 12.2. The minimum Gasteiger partial charge on any atom is -0.372 e. The van der Waals surface area contributed by atoms with Gasteiger partial charge in [0.25, 0.3) is 0 Å². The van der Waals surface area contributed by atoms with Crippen LogP contribution >= 0.6 is 11.8 Å². The molecule has 0 saturated carbocycles. The second kappa shape index (κ2) is 9.28. The lowest BCUT2D eigenvalue weighted by Gasteiger charge is -2.32. The number of hydrogen-bond donors (Lipinski definition) is 1. The number of pyridine rings is 1. The number of rotatable bonds is 6. The summed E-state index contributed by atoms with van der Waals surface area (Å²) in [6.45, 7) is 9.34. The second-order valence-corrected chi connectivity index (χ2v) is 8.93. The first-order valence-corrected chi connectivity index (χ1v) is 9.61. The van der Waals surface area contributed by atoms with Crippen molar-refractivity contribution in [2.24, 2.45) is 0 Å². The van der Waals surface area contributed by atoms with Gasteiger partial charge in [0, 0.05) is 36.3 Å². The van der Waals surface area contributed by atoms with Crippen molar-refractivity contribution in [3.05, 3.63) is 30.1 Å². The van der Waals surface area contributed by atoms with Gasteiger partial charge in [-0.25, -0.2) is 4.79 Å². The lowest BCUT2D eigenvalue weighted by molar-refractivity contribution is 0.00312. The topological polar surface area (TPSA) is 54.5 Å². The number of urea groups is 1. The number of hydrogen-bond acceptors (Lipinski definition) is 4. The summed E-state index contributed by atoms with van der Waals surface area (Å²) in [6.07, 6.45) is 3.77. The highest BCUT2D eigenvalue weighted by Gasteiger charge is 2.23. The monoisotopic (exact) mass is 351 g/mol. The summed E-state index contributed by atoms with van der Waals surface area (Å²) in [5, 5.41) is 3.01. The fourth-order valence-electron chi connectivity index (χ4n) is 2.54. The molecule has 1 aliphatic rings. The van der Waals surface area contributed by atoms with Gasteiger partial charge in [-0.05, 0) is 25.0 Å². The van der Waals surface area contributed by atoms with Crippen LogP contribution in [0.5, 0.6) is 0 Å². The van der Waals surface area contributed by atoms with E-state index in [2.05, 4.69) is 31.1 Å². The molecule has 0 atom stereocenters. The van der Waals surface area contributed by atoms with Crippen LogP contribution in [0.3, 0.4) is 0 Å². The van der Waals surface area contributed by atoms with Crippen molar-refractivity contribution < 1.29 is 9.53 Å². The van der Waals surface area contributed by atoms with Gasteiger partial charge < -0.3 is 15.0 Å². The van der Waals surface area contributed by atoms with Crippen LogP contribution in [0.2, 0.25) is 0 Å². The van der Waals surface area contributed by atoms with Gasteiger partial charge in [0.15, 0.2) is 0 Å². The van der Waals surface area contributed by atoms with Crippen LogP contribution in [0.15, 0.2) is 24.4 Å². The maximum absolute atomic E-state index is 12.2. The summed E-state index contributed by atoms with van der Waals surface area (Å²) in [5.41, 5.74) is 0.953. The molecule has 2 rings (SSSR count). The van der Waals surface area contributed by atoms with E-state index in [0.717, 1.165) is 43.9 Å². The van der Waals surface area contributed by atoms with Gasteiger partial charge in [0.05, 0.1) is 18.4 Å². The minimum absolute atomic E-state index is 0.0488. The van der Waals surface area contributed by atoms with Gasteiger partial charge in [-0.15, -0.1) is 0 Å². The van der Waals surface area contributed by atoms with Gasteiger partial charge in [-0.3, -0.25) is 4.98 Å². The normalized spacial score (nSPS) is 16.2. The van der Waals surface area contributed by atoms with Crippen molar-refractivity contribution >= 4 is 17.8 Å². The molecule has 0 aliphatic carbocycles. The molecule has 1 fully saturated rings. The quantitative estimate of drug-likeness (QED) is 0.799. The van der Waals surface area contributed by atoms with E-state index in [9.17, 15) is 4.79 Å². The van der Waals surface area contributed by atoms with E-state index in [-0.39, 0.29) is 16.9 Å². The van der Waals surface area contributed by atoms with E-state index in [4.69, 9.17) is 4.74 Å². The molecule has 2 heterocycles. The standard InChI is InChI=1S/C18H29N3O2S/c1-18(2,3)24-13-10-20-17(22)21-11-7-16(8-12-21)23-14-15-6-4-5-9-19-15/h4-6,9,16H,7-8,10-14H2,1-3H3,(H,20,22). The Labute approximate surface area is 149 Å². The van der Waals surface area contributed by atoms with E-state index in [0.29, 0.717) is 6.61 Å². The number of piperidine rings is 1. The van der Waals surface area contributed by atoms with Crippen molar-refractivity contribution in [2.45, 2.75) is 51.1 Å². The number of nitrogens with one attached hydrogen (secondary N) is 1. The predicted molar refractivity (Wildman–Crippen MR) is 99.2 cm³/mol. The smallest absolute Gasteiger partial charge is 0.317 e. The first kappa shape index (κ1) is 19.1. The van der Waals surface area contributed by atoms with Gasteiger partial charge in [-0.1, -0.05) is 26.8 Å². The molecule has 134 valence electrons. The number of thioether (sulfide) groups is 1. The average Bonchev–Trinajstić information content (AvgIpc) is 2.57. The molecule has 0 spiro atoms. The Morgan fingerprint density at radius 3 is 2.75 bits per heavy atom. The third-order valence-electron chi connectivity index (χ3n) is 3.84. The van der Waals surface area contributed by atoms with Gasteiger partial charge in [0.2, 0.25) is 0 Å². The lowest BCUT2D eigenvalue weighted by Crippen LogP contribution is -2.46. The summed E-state index contributed by atoms with van der Waals surface area (Å²) in [5.74, 6) is 0.943. The zero-order valence-electron chi connectivity index (χ0n) is 15.0. The molecule has 24 heavy (non-hydrogen) atoms. The molecule has 5 nitrogen and oxygen atoms in total. The largest absolute Gasteiger partial charge is 0.372 e. The molecule has 2 amide bonds. The minimum atomic E-state index is 0.0488. The number of nitrogens with zero attached hydrogens (tertiary/aromatic N) is 2. The van der Waals surface area contributed by atoms with Crippen LogP contribution in [0.4, 0.5) is 4.79 Å². The molecule has 0 unspecified atom stereocenters. The molecule has 6 heteroatoms. The highest BCUT2D eigenvalue weighted by Crippen LogP contribution is 2.22. The SMILES string of the molecule is CC(C)(C)SCCNC(=O)N1CCC(OCc2ccccn2)CC1. The number of carbonyl (C=O) groups is 1. The van der Waals surface area contributed by atoms with Gasteiger partial charge in [0.1, 0.15) is 0 Å². The number of aromatic nitrogens is 1. The summed E-state index contributed by atoms with van der Waals surface area (Å²) in [7, 11) is 0. The lowest BCUT2D eigenvalue weighted by atomic mass is 10.1. The third-order valence-corrected chi connectivity index (χ3v) is 5.11. The van der Waals surface area contributed by atoms with Crippen LogP contribution in [0.1, 0.15) is 39.3 Å². The second-order valence-electron chi connectivity index (χ2n) is 7.01. The number of ether oxygens (including phenoxy) is 1. The summed E-state index contributed by atoms with van der Waals surface area (Å²) >= 11 is 1.87. The number of amides is 2. The number of likely N-dealkylation sites (tertiary alicyclic amines) is 1. The average molecular weight is 352 g/mol. The Morgan fingerprint density at radius 2 is 2.12 bits per heavy atom. The molecular formula is C18H29N3O2S.